The summed E-state index contributed by atoms with van der Waals surface area (Å²) in [5, 5.41) is 10.0. The summed E-state index contributed by atoms with van der Waals surface area (Å²) < 4.78 is 49.8. The van der Waals surface area contributed by atoms with Gasteiger partial charge in [0.05, 0.1) is 10.5 Å². The fourth-order valence-corrected chi connectivity index (χ4v) is 4.23. The largest absolute Gasteiger partial charge is 0.392 e. The van der Waals surface area contributed by atoms with Gasteiger partial charge in [-0.25, -0.2) is 0 Å². The van der Waals surface area contributed by atoms with Gasteiger partial charge in [0.25, 0.3) is 0 Å². The van der Waals surface area contributed by atoms with Gasteiger partial charge in [0.1, 0.15) is 0 Å². The monoisotopic (exact) mass is 310 g/mol. The van der Waals surface area contributed by atoms with Crippen molar-refractivity contribution in [3.8, 4) is 0 Å². The number of hydrogen-bond acceptors (Lipinski definition) is 3. The van der Waals surface area contributed by atoms with Crippen molar-refractivity contribution < 1.29 is 20.4 Å². The molecule has 0 saturated carbocycles. The third kappa shape index (κ3) is 4.36. The average molecular weight is 310 g/mol. The molecule has 4 atom stereocenters. The van der Waals surface area contributed by atoms with E-state index in [0.29, 0.717) is 0 Å². The summed E-state index contributed by atoms with van der Waals surface area (Å²) in [7, 11) is -4.04. The Balaban J connectivity index is 2.46. The minimum absolute atomic E-state index is 0.0484. The maximum Gasteiger partial charge on any atom is 0.213 e. The predicted molar refractivity (Wildman–Crippen MR) is 86.9 cm³/mol. The Labute approximate surface area is 135 Å². The molecule has 2 aromatic carbocycles. The highest BCUT2D eigenvalue weighted by Gasteiger charge is 2.26. The van der Waals surface area contributed by atoms with Gasteiger partial charge in [-0.15, -0.1) is 0 Å². The number of ether oxygens (including phenoxy) is 1. The van der Waals surface area contributed by atoms with Gasteiger partial charge in [-0.05, 0) is 18.8 Å². The smallest absolute Gasteiger partial charge is 0.213 e. The molecule has 0 spiro atoms. The van der Waals surface area contributed by atoms with Crippen LogP contribution in [0.1, 0.15) is 23.1 Å². The van der Waals surface area contributed by atoms with Gasteiger partial charge >= 0.3 is 0 Å². The molecule has 0 saturated heterocycles. The molecule has 112 valence electrons. The van der Waals surface area contributed by atoms with Crippen molar-refractivity contribution >= 4 is 13.2 Å². The molecule has 0 bridgehead atoms. The lowest BCUT2D eigenvalue weighted by atomic mass is 10.1. The van der Waals surface area contributed by atoms with Crippen LogP contribution in [0.5, 0.6) is 0 Å². The Hall–Kier alpha value is -1.25. The van der Waals surface area contributed by atoms with E-state index in [2.05, 4.69) is 10.2 Å². The normalized spacial score (nSPS) is 21.5. The van der Waals surface area contributed by atoms with Crippen molar-refractivity contribution in [3.63, 3.8) is 0 Å². The molecule has 2 N–H and O–H groups in total. The van der Waals surface area contributed by atoms with Gasteiger partial charge in [-0.3, -0.25) is 0 Å². The van der Waals surface area contributed by atoms with E-state index >= 15 is 0 Å². The number of rotatable bonds is 9. The Bertz CT molecular complexity index is 673. The molecule has 4 heteroatoms. The summed E-state index contributed by atoms with van der Waals surface area (Å²) in [6.45, 7) is 0. The lowest BCUT2D eigenvalue weighted by Gasteiger charge is -2.28. The number of aliphatic hydroxyl groups is 2. The highest BCUT2D eigenvalue weighted by atomic mass is 31.1. The fourth-order valence-electron chi connectivity index (χ4n) is 2.17. The summed E-state index contributed by atoms with van der Waals surface area (Å²) in [5.41, 5.74) is 0.201. The van der Waals surface area contributed by atoms with Crippen LogP contribution >= 0.6 is 7.92 Å². The zero-order valence-corrected chi connectivity index (χ0v) is 12.3. The molecule has 0 radical (unpaired) electrons. The van der Waals surface area contributed by atoms with Crippen molar-refractivity contribution in [2.75, 3.05) is 13.4 Å². The number of benzene rings is 2. The maximum absolute atomic E-state index is 8.64. The number of aliphatic hydroxyl groups excluding tert-OH is 2. The maximum atomic E-state index is 8.64. The highest BCUT2D eigenvalue weighted by molar-refractivity contribution is 7.65. The fraction of sp³-hybridized carbons (Fsp3) is 0.294. The van der Waals surface area contributed by atoms with E-state index in [1.807, 2.05) is 60.7 Å². The molecule has 2 aromatic rings. The quantitative estimate of drug-likeness (QED) is 0.553. The first-order valence-corrected chi connectivity index (χ1v) is 8.14. The Morgan fingerprint density at radius 1 is 1.19 bits per heavy atom. The average Bonchev–Trinajstić information content (AvgIpc) is 2.66. The van der Waals surface area contributed by atoms with Crippen LogP contribution in [0.25, 0.3) is 0 Å². The lowest BCUT2D eigenvalue weighted by Crippen LogP contribution is -2.18. The third-order valence-corrected chi connectivity index (χ3v) is 5.54. The van der Waals surface area contributed by atoms with E-state index in [9.17, 15) is 0 Å². The van der Waals surface area contributed by atoms with E-state index in [0.717, 1.165) is 10.9 Å². The van der Waals surface area contributed by atoms with Crippen LogP contribution in [0, 0.1) is 0 Å². The summed E-state index contributed by atoms with van der Waals surface area (Å²) in [5.74, 6) is 0. The lowest BCUT2D eigenvalue weighted by molar-refractivity contribution is -0.0784. The van der Waals surface area contributed by atoms with Gasteiger partial charge in [0, 0.05) is 20.5 Å². The van der Waals surface area contributed by atoms with Crippen LogP contribution in [-0.2, 0) is 4.74 Å². The minimum Gasteiger partial charge on any atom is -0.392 e. The molecule has 0 aliphatic rings. The molecule has 0 fully saturated rings. The van der Waals surface area contributed by atoms with Crippen LogP contribution in [0.15, 0.2) is 60.7 Å². The van der Waals surface area contributed by atoms with E-state index < -0.39 is 33.3 Å². The zero-order valence-electron chi connectivity index (χ0n) is 17.4. The molecule has 3 unspecified atom stereocenters. The Kier molecular flexibility index (Phi) is 3.81. The first-order chi connectivity index (χ1) is 12.9. The minimum atomic E-state index is -2.80. The SMILES string of the molecule is [2H]OCP(c1ccccc1)C(c1ccccc1)C([2H])[C@H](O[2H])OC([2H])([2H])[2H]. The van der Waals surface area contributed by atoms with Gasteiger partial charge in [-0.1, -0.05) is 60.7 Å². The van der Waals surface area contributed by atoms with Crippen LogP contribution in [0.3, 0.4) is 0 Å². The molecular weight excluding hydrogens is 283 g/mol. The van der Waals surface area contributed by atoms with E-state index in [1.54, 1.807) is 0 Å². The van der Waals surface area contributed by atoms with E-state index in [1.165, 1.54) is 0 Å². The van der Waals surface area contributed by atoms with Gasteiger partial charge < -0.3 is 15.0 Å². The summed E-state index contributed by atoms with van der Waals surface area (Å²) in [6.07, 6.45) is -2.75. The third-order valence-electron chi connectivity index (χ3n) is 3.16. The van der Waals surface area contributed by atoms with Gasteiger partial charge in [0.2, 0.25) is 2.86 Å². The van der Waals surface area contributed by atoms with E-state index in [-0.39, 0.29) is 6.35 Å². The van der Waals surface area contributed by atoms with E-state index in [4.69, 9.17) is 13.1 Å². The summed E-state index contributed by atoms with van der Waals surface area (Å²) >= 11 is 0. The first kappa shape index (κ1) is 9.70. The number of methoxy groups -OCH3 is 1. The molecular formula is C17H21O3P. The van der Waals surface area contributed by atoms with Crippen molar-refractivity contribution in [2.24, 2.45) is 0 Å². The van der Waals surface area contributed by atoms with Crippen molar-refractivity contribution in [1.29, 1.82) is 2.86 Å². The highest BCUT2D eigenvalue weighted by Crippen LogP contribution is 2.51. The molecule has 0 amide bonds. The molecule has 0 heterocycles. The zero-order chi connectivity index (χ0) is 19.9. The molecule has 3 nitrogen and oxygen atoms in total. The Morgan fingerprint density at radius 3 is 2.52 bits per heavy atom. The molecule has 21 heavy (non-hydrogen) atoms. The topological polar surface area (TPSA) is 49.7 Å². The van der Waals surface area contributed by atoms with Crippen molar-refractivity contribution in [2.45, 2.75) is 18.3 Å². The second-order valence-electron chi connectivity index (χ2n) is 4.47. The van der Waals surface area contributed by atoms with Crippen molar-refractivity contribution in [3.05, 3.63) is 66.2 Å². The second kappa shape index (κ2) is 8.26. The van der Waals surface area contributed by atoms with Crippen molar-refractivity contribution in [1.82, 2.24) is 0 Å². The van der Waals surface area contributed by atoms with Crippen LogP contribution in [-0.4, -0.2) is 32.8 Å². The molecule has 0 aromatic heterocycles. The number of hydrogen-bond donors (Lipinski definition) is 2. The van der Waals surface area contributed by atoms with Gasteiger partial charge in [0.15, 0.2) is 6.29 Å². The van der Waals surface area contributed by atoms with Crippen LogP contribution in [0.2, 0.25) is 0 Å². The Morgan fingerprint density at radius 2 is 1.90 bits per heavy atom. The molecule has 0 aliphatic heterocycles. The predicted octanol–water partition coefficient (Wildman–Crippen LogP) is 2.84. The standard InChI is InChI=1S/C17H21O3P/c1-20-17(19)12-16(14-8-4-2-5-9-14)21(13-18)15-10-6-3-7-11-15/h2-11,16-19H,12-13H2,1H3/t16?,17-,21?/m1/s1/i1D3,12D,18D,19D/t12?,16?,17-,21?. The first-order valence-electron chi connectivity index (χ1n) is 9.43. The summed E-state index contributed by atoms with van der Waals surface area (Å²) in [4.78, 5) is 0. The molecule has 0 aliphatic carbocycles. The second-order valence-corrected chi connectivity index (χ2v) is 6.74. The van der Waals surface area contributed by atoms with Gasteiger partial charge in [-0.2, -0.15) is 0 Å². The summed E-state index contributed by atoms with van der Waals surface area (Å²) in [6, 6.07) is 18.5. The van der Waals surface area contributed by atoms with Crippen LogP contribution < -0.4 is 5.30 Å². The molecule has 2 rings (SSSR count). The van der Waals surface area contributed by atoms with Crippen LogP contribution in [0.4, 0.5) is 0 Å².